The van der Waals surface area contributed by atoms with Crippen molar-refractivity contribution in [3.63, 3.8) is 0 Å². The Morgan fingerprint density at radius 3 is 2.42 bits per heavy atom. The van der Waals surface area contributed by atoms with Gasteiger partial charge in [-0.3, -0.25) is 9.35 Å². The van der Waals surface area contributed by atoms with E-state index in [1.165, 1.54) is 7.11 Å². The standard InChI is InChI=1S/C15H20F2O8S/c1-23-6-24-13(18)11-8-2-7-3-9(5-8)12(10(11)4-7)25-14(19)15(16,17)26(20,21)22/h7-12H,2-6H2,1H3,(H,20,21,22). The molecule has 0 heterocycles. The molecule has 4 saturated carbocycles. The molecule has 148 valence electrons. The van der Waals surface area contributed by atoms with E-state index in [2.05, 4.69) is 0 Å². The van der Waals surface area contributed by atoms with Crippen LogP contribution in [0.3, 0.4) is 0 Å². The monoisotopic (exact) mass is 398 g/mol. The summed E-state index contributed by atoms with van der Waals surface area (Å²) in [4.78, 5) is 24.1. The third-order valence-electron chi connectivity index (χ3n) is 5.73. The number of carbonyl (C=O) groups excluding carboxylic acids is 2. The van der Waals surface area contributed by atoms with Crippen molar-refractivity contribution in [2.45, 2.75) is 37.0 Å². The summed E-state index contributed by atoms with van der Waals surface area (Å²) in [6.45, 7) is -0.243. The molecule has 0 saturated heterocycles. The van der Waals surface area contributed by atoms with E-state index in [0.29, 0.717) is 25.2 Å². The van der Waals surface area contributed by atoms with E-state index in [-0.39, 0.29) is 18.6 Å². The lowest BCUT2D eigenvalue weighted by Crippen LogP contribution is -2.58. The van der Waals surface area contributed by atoms with Crippen molar-refractivity contribution in [2.24, 2.45) is 29.6 Å². The van der Waals surface area contributed by atoms with Crippen LogP contribution in [0.1, 0.15) is 25.7 Å². The van der Waals surface area contributed by atoms with E-state index in [1.807, 2.05) is 0 Å². The number of methoxy groups -OCH3 is 1. The number of rotatable bonds is 6. The Labute approximate surface area is 148 Å². The Bertz CT molecular complexity index is 694. The Hall–Kier alpha value is -1.33. The average molecular weight is 398 g/mol. The van der Waals surface area contributed by atoms with Crippen LogP contribution in [0.25, 0.3) is 0 Å². The van der Waals surface area contributed by atoms with Crippen LogP contribution >= 0.6 is 0 Å². The van der Waals surface area contributed by atoms with Crippen LogP contribution in [0.15, 0.2) is 0 Å². The summed E-state index contributed by atoms with van der Waals surface area (Å²) in [7, 11) is -4.58. The van der Waals surface area contributed by atoms with Crippen LogP contribution in [0.5, 0.6) is 0 Å². The third-order valence-corrected chi connectivity index (χ3v) is 6.55. The van der Waals surface area contributed by atoms with Gasteiger partial charge in [-0.1, -0.05) is 0 Å². The van der Waals surface area contributed by atoms with Crippen molar-refractivity contribution < 1.29 is 45.6 Å². The zero-order chi connectivity index (χ0) is 19.3. The molecule has 6 unspecified atom stereocenters. The van der Waals surface area contributed by atoms with Gasteiger partial charge in [0.1, 0.15) is 6.10 Å². The number of halogens is 2. The van der Waals surface area contributed by atoms with Crippen molar-refractivity contribution in [2.75, 3.05) is 13.9 Å². The second-order valence-electron chi connectivity index (χ2n) is 7.25. The topological polar surface area (TPSA) is 116 Å². The number of ether oxygens (including phenoxy) is 3. The lowest BCUT2D eigenvalue weighted by molar-refractivity contribution is -0.204. The predicted octanol–water partition coefficient (Wildman–Crippen LogP) is 1.21. The minimum atomic E-state index is -5.94. The van der Waals surface area contributed by atoms with Crippen molar-refractivity contribution in [3.05, 3.63) is 0 Å². The van der Waals surface area contributed by atoms with E-state index in [4.69, 9.17) is 18.8 Å². The number of carbonyl (C=O) groups is 2. The lowest BCUT2D eigenvalue weighted by Gasteiger charge is -2.56. The molecule has 1 N–H and O–H groups in total. The molecule has 4 fully saturated rings. The molecule has 6 atom stereocenters. The van der Waals surface area contributed by atoms with Crippen LogP contribution in [0, 0.1) is 29.6 Å². The lowest BCUT2D eigenvalue weighted by atomic mass is 9.50. The highest BCUT2D eigenvalue weighted by atomic mass is 32.2. The Morgan fingerprint density at radius 1 is 1.15 bits per heavy atom. The molecular formula is C15H20F2O8S. The number of hydrogen-bond donors (Lipinski definition) is 1. The maximum atomic E-state index is 13.5. The second kappa shape index (κ2) is 6.68. The first kappa shape index (κ1) is 19.4. The van der Waals surface area contributed by atoms with Gasteiger partial charge in [0.05, 0.1) is 5.92 Å². The van der Waals surface area contributed by atoms with E-state index in [1.54, 1.807) is 0 Å². The van der Waals surface area contributed by atoms with Gasteiger partial charge in [0.2, 0.25) is 0 Å². The maximum absolute atomic E-state index is 13.5. The molecule has 0 spiro atoms. The molecule has 11 heteroatoms. The van der Waals surface area contributed by atoms with E-state index in [9.17, 15) is 26.8 Å². The fourth-order valence-electron chi connectivity index (χ4n) is 4.92. The van der Waals surface area contributed by atoms with Crippen molar-refractivity contribution >= 4 is 22.1 Å². The zero-order valence-corrected chi connectivity index (χ0v) is 14.8. The Balaban J connectivity index is 1.79. The summed E-state index contributed by atoms with van der Waals surface area (Å²) in [6, 6.07) is 0. The van der Waals surface area contributed by atoms with Crippen molar-refractivity contribution in [1.29, 1.82) is 0 Å². The zero-order valence-electron chi connectivity index (χ0n) is 14.0. The third kappa shape index (κ3) is 3.20. The number of esters is 2. The van der Waals surface area contributed by atoms with E-state index >= 15 is 0 Å². The average Bonchev–Trinajstić information content (AvgIpc) is 2.54. The molecular weight excluding hydrogens is 378 g/mol. The largest absolute Gasteiger partial charge is 0.465 e. The fraction of sp³-hybridized carbons (Fsp3) is 0.867. The van der Waals surface area contributed by atoms with Gasteiger partial charge in [-0.25, -0.2) is 4.79 Å². The molecule has 0 aromatic carbocycles. The van der Waals surface area contributed by atoms with Gasteiger partial charge in [0.15, 0.2) is 6.79 Å². The predicted molar refractivity (Wildman–Crippen MR) is 80.3 cm³/mol. The normalized spacial score (nSPS) is 36.0. The highest BCUT2D eigenvalue weighted by Gasteiger charge is 2.61. The smallest absolute Gasteiger partial charge is 0.456 e. The molecule has 4 aliphatic carbocycles. The molecule has 4 rings (SSSR count). The molecule has 4 bridgehead atoms. The van der Waals surface area contributed by atoms with Crippen LogP contribution < -0.4 is 0 Å². The summed E-state index contributed by atoms with van der Waals surface area (Å²) >= 11 is 0. The van der Waals surface area contributed by atoms with Gasteiger partial charge in [-0.15, -0.1) is 0 Å². The van der Waals surface area contributed by atoms with Crippen LogP contribution in [0.2, 0.25) is 0 Å². The first-order chi connectivity index (χ1) is 12.1. The summed E-state index contributed by atoms with van der Waals surface area (Å²) in [5.41, 5.74) is 0. The summed E-state index contributed by atoms with van der Waals surface area (Å²) < 4.78 is 71.7. The summed E-state index contributed by atoms with van der Waals surface area (Å²) in [5, 5.41) is -5.05. The van der Waals surface area contributed by atoms with Crippen LogP contribution in [-0.2, 0) is 33.9 Å². The van der Waals surface area contributed by atoms with E-state index in [0.717, 1.165) is 6.42 Å². The molecule has 0 aliphatic heterocycles. The molecule has 0 aromatic rings. The van der Waals surface area contributed by atoms with Gasteiger partial charge >= 0.3 is 27.3 Å². The number of hydrogen-bond acceptors (Lipinski definition) is 7. The fourth-order valence-corrected chi connectivity index (χ4v) is 5.18. The second-order valence-corrected chi connectivity index (χ2v) is 8.71. The Kier molecular flexibility index (Phi) is 4.99. The molecule has 0 aromatic heterocycles. The van der Waals surface area contributed by atoms with Gasteiger partial charge in [0.25, 0.3) is 0 Å². The van der Waals surface area contributed by atoms with Gasteiger partial charge in [-0.2, -0.15) is 17.2 Å². The first-order valence-electron chi connectivity index (χ1n) is 8.27. The Morgan fingerprint density at radius 2 is 1.81 bits per heavy atom. The highest BCUT2D eigenvalue weighted by molar-refractivity contribution is 7.87. The van der Waals surface area contributed by atoms with Gasteiger partial charge in [-0.05, 0) is 43.4 Å². The summed E-state index contributed by atoms with van der Waals surface area (Å²) in [6.07, 6.45) is 1.50. The maximum Gasteiger partial charge on any atom is 0.465 e. The van der Waals surface area contributed by atoms with Crippen LogP contribution in [-0.4, -0.2) is 50.2 Å². The van der Waals surface area contributed by atoms with Crippen molar-refractivity contribution in [3.8, 4) is 0 Å². The molecule has 0 amide bonds. The minimum Gasteiger partial charge on any atom is -0.456 e. The molecule has 26 heavy (non-hydrogen) atoms. The van der Waals surface area contributed by atoms with E-state index < -0.39 is 45.3 Å². The molecule has 4 aliphatic rings. The van der Waals surface area contributed by atoms with Crippen LogP contribution in [0.4, 0.5) is 8.78 Å². The highest BCUT2D eigenvalue weighted by Crippen LogP contribution is 2.58. The quantitative estimate of drug-likeness (QED) is 0.403. The number of alkyl halides is 2. The SMILES string of the molecule is COCOC(=O)C1C2CC3CC(C2)C(OC(=O)C(F)(F)S(=O)(=O)O)C1C3. The van der Waals surface area contributed by atoms with Crippen molar-refractivity contribution in [1.82, 2.24) is 0 Å². The summed E-state index contributed by atoms with van der Waals surface area (Å²) in [5.74, 6) is -3.88. The molecule has 0 radical (unpaired) electrons. The minimum absolute atomic E-state index is 0.0129. The molecule has 8 nitrogen and oxygen atoms in total. The first-order valence-corrected chi connectivity index (χ1v) is 9.71. The van der Waals surface area contributed by atoms with Gasteiger partial charge in [0, 0.05) is 13.0 Å². The van der Waals surface area contributed by atoms with Gasteiger partial charge < -0.3 is 14.2 Å².